The summed E-state index contributed by atoms with van der Waals surface area (Å²) in [4.78, 5) is 0. The minimum absolute atomic E-state index is 0.115. The van der Waals surface area contributed by atoms with Gasteiger partial charge in [-0.25, -0.2) is 0 Å². The Hall–Kier alpha value is -2.75. The predicted octanol–water partition coefficient (Wildman–Crippen LogP) is 3.60. The Kier molecular flexibility index (Phi) is 3.36. The van der Waals surface area contributed by atoms with Crippen molar-refractivity contribution in [1.82, 2.24) is 0 Å². The quantitative estimate of drug-likeness (QED) is 0.798. The summed E-state index contributed by atoms with van der Waals surface area (Å²) in [5.74, 6) is 1.29. The van der Waals surface area contributed by atoms with Gasteiger partial charge in [0.25, 0.3) is 0 Å². The van der Waals surface area contributed by atoms with E-state index >= 15 is 0 Å². The number of hydrogen-bond acceptors (Lipinski definition) is 4. The molecule has 0 aliphatic rings. The van der Waals surface area contributed by atoms with Crippen LogP contribution in [0.3, 0.4) is 0 Å². The second-order valence-electron chi connectivity index (χ2n) is 4.60. The van der Waals surface area contributed by atoms with E-state index in [1.165, 1.54) is 0 Å². The molecule has 0 amide bonds. The fourth-order valence-electron chi connectivity index (χ4n) is 2.30. The first kappa shape index (κ1) is 13.2. The zero-order valence-electron chi connectivity index (χ0n) is 11.8. The number of ether oxygens (including phenoxy) is 2. The largest absolute Gasteiger partial charge is 0.496 e. The molecule has 1 aromatic heterocycles. The molecule has 1 N–H and O–H groups in total. The second-order valence-corrected chi connectivity index (χ2v) is 4.60. The van der Waals surface area contributed by atoms with E-state index in [1.807, 2.05) is 36.4 Å². The van der Waals surface area contributed by atoms with Crippen LogP contribution in [0.2, 0.25) is 0 Å². The van der Waals surface area contributed by atoms with Gasteiger partial charge in [-0.15, -0.1) is 0 Å². The maximum Gasteiger partial charge on any atom is 0.219 e. The molecule has 106 valence electrons. The van der Waals surface area contributed by atoms with Crippen molar-refractivity contribution in [1.29, 1.82) is 5.41 Å². The first-order valence-electron chi connectivity index (χ1n) is 6.53. The Labute approximate surface area is 122 Å². The van der Waals surface area contributed by atoms with Crippen LogP contribution in [0, 0.1) is 5.41 Å². The zero-order chi connectivity index (χ0) is 14.8. The smallest absolute Gasteiger partial charge is 0.219 e. The number of fused-ring (bicyclic) bond motifs is 1. The second kappa shape index (κ2) is 5.32. The van der Waals surface area contributed by atoms with Gasteiger partial charge in [-0.05, 0) is 11.6 Å². The molecular weight excluding hydrogens is 266 g/mol. The van der Waals surface area contributed by atoms with Gasteiger partial charge >= 0.3 is 0 Å². The van der Waals surface area contributed by atoms with Gasteiger partial charge < -0.3 is 13.9 Å². The Balaban J connectivity index is 2.31. The molecule has 0 saturated heterocycles. The summed E-state index contributed by atoms with van der Waals surface area (Å²) in [6.45, 7) is 0. The van der Waals surface area contributed by atoms with Crippen LogP contribution in [0.5, 0.6) is 11.5 Å². The van der Waals surface area contributed by atoms with Crippen molar-refractivity contribution >= 4 is 11.0 Å². The van der Waals surface area contributed by atoms with E-state index in [-0.39, 0.29) is 5.55 Å². The van der Waals surface area contributed by atoms with E-state index in [1.54, 1.807) is 26.4 Å². The number of methoxy groups -OCH3 is 2. The molecule has 0 spiro atoms. The number of hydrogen-bond donors (Lipinski definition) is 1. The van der Waals surface area contributed by atoms with Crippen LogP contribution in [0.15, 0.2) is 52.9 Å². The molecule has 0 fully saturated rings. The number of benzene rings is 2. The molecule has 0 aliphatic carbocycles. The minimum Gasteiger partial charge on any atom is -0.496 e. The van der Waals surface area contributed by atoms with Gasteiger partial charge in [0, 0.05) is 17.7 Å². The van der Waals surface area contributed by atoms with E-state index in [9.17, 15) is 0 Å². The van der Waals surface area contributed by atoms with Crippen LogP contribution in [0.4, 0.5) is 0 Å². The Morgan fingerprint density at radius 3 is 2.38 bits per heavy atom. The Morgan fingerprint density at radius 2 is 1.71 bits per heavy atom. The monoisotopic (exact) mass is 281 g/mol. The van der Waals surface area contributed by atoms with E-state index < -0.39 is 0 Å². The maximum absolute atomic E-state index is 8.10. The van der Waals surface area contributed by atoms with Crippen molar-refractivity contribution in [2.24, 2.45) is 0 Å². The molecule has 4 heteroatoms. The highest BCUT2D eigenvalue weighted by Gasteiger charge is 2.11. The summed E-state index contributed by atoms with van der Waals surface area (Å²) >= 11 is 0. The third-order valence-corrected chi connectivity index (χ3v) is 3.36. The van der Waals surface area contributed by atoms with Crippen molar-refractivity contribution in [3.63, 3.8) is 0 Å². The molecule has 4 nitrogen and oxygen atoms in total. The average molecular weight is 281 g/mol. The Bertz CT molecular complexity index is 838. The third kappa shape index (κ3) is 2.36. The van der Waals surface area contributed by atoms with Crippen molar-refractivity contribution in [3.8, 4) is 22.6 Å². The highest BCUT2D eigenvalue weighted by atomic mass is 16.5. The first-order chi connectivity index (χ1) is 10.2. The van der Waals surface area contributed by atoms with Gasteiger partial charge in [0.15, 0.2) is 0 Å². The van der Waals surface area contributed by atoms with Crippen LogP contribution >= 0.6 is 0 Å². The minimum atomic E-state index is 0.115. The number of nitrogens with one attached hydrogen (secondary N) is 1. The van der Waals surface area contributed by atoms with Crippen LogP contribution < -0.4 is 15.0 Å². The van der Waals surface area contributed by atoms with E-state index in [0.717, 1.165) is 16.5 Å². The fourth-order valence-corrected chi connectivity index (χ4v) is 2.30. The summed E-state index contributed by atoms with van der Waals surface area (Å²) in [6.07, 6.45) is 0. The third-order valence-electron chi connectivity index (χ3n) is 3.36. The maximum atomic E-state index is 8.10. The topological polar surface area (TPSA) is 55.5 Å². The van der Waals surface area contributed by atoms with Crippen molar-refractivity contribution in [3.05, 3.63) is 54.1 Å². The molecule has 21 heavy (non-hydrogen) atoms. The van der Waals surface area contributed by atoms with Crippen LogP contribution in [0.25, 0.3) is 22.1 Å². The van der Waals surface area contributed by atoms with Gasteiger partial charge in [0.2, 0.25) is 5.55 Å². The summed E-state index contributed by atoms with van der Waals surface area (Å²) in [5, 5.41) is 8.91. The SMILES string of the molecule is COc1cc(OC)c2cc(-c3ccccc3)c(=N)oc2c1. The lowest BCUT2D eigenvalue weighted by Gasteiger charge is -2.10. The molecule has 2 aromatic carbocycles. The lowest BCUT2D eigenvalue weighted by atomic mass is 10.1. The van der Waals surface area contributed by atoms with Gasteiger partial charge in [-0.2, -0.15) is 0 Å². The van der Waals surface area contributed by atoms with Crippen molar-refractivity contribution in [2.75, 3.05) is 14.2 Å². The van der Waals surface area contributed by atoms with Crippen molar-refractivity contribution < 1.29 is 13.9 Å². The summed E-state index contributed by atoms with van der Waals surface area (Å²) in [7, 11) is 3.19. The van der Waals surface area contributed by atoms with Crippen LogP contribution in [0.1, 0.15) is 0 Å². The lowest BCUT2D eigenvalue weighted by molar-refractivity contribution is 0.395. The van der Waals surface area contributed by atoms with E-state index in [4.69, 9.17) is 19.3 Å². The van der Waals surface area contributed by atoms with Crippen LogP contribution in [-0.2, 0) is 0 Å². The highest BCUT2D eigenvalue weighted by molar-refractivity contribution is 5.88. The fraction of sp³-hybridized carbons (Fsp3) is 0.118. The molecule has 3 aromatic rings. The average Bonchev–Trinajstić information content (AvgIpc) is 2.53. The molecule has 0 bridgehead atoms. The van der Waals surface area contributed by atoms with E-state index in [0.29, 0.717) is 17.1 Å². The molecule has 3 rings (SSSR count). The lowest BCUT2D eigenvalue weighted by Crippen LogP contribution is -2.03. The normalized spacial score (nSPS) is 10.6. The summed E-state index contributed by atoms with van der Waals surface area (Å²) in [5.41, 5.74) is 2.34. The summed E-state index contributed by atoms with van der Waals surface area (Å²) in [6, 6.07) is 15.2. The number of rotatable bonds is 3. The molecule has 0 radical (unpaired) electrons. The standard InChI is InChI=1S/C17H15NO3/c1-19-12-8-15(20-2)14-10-13(11-6-4-3-5-7-11)17(18)21-16(14)9-12/h3-10,18H,1-2H3. The van der Waals surface area contributed by atoms with Gasteiger partial charge in [-0.3, -0.25) is 5.41 Å². The molecule has 0 unspecified atom stereocenters. The van der Waals surface area contributed by atoms with Gasteiger partial charge in [0.1, 0.15) is 17.1 Å². The molecular formula is C17H15NO3. The first-order valence-corrected chi connectivity index (χ1v) is 6.53. The molecule has 0 aliphatic heterocycles. The van der Waals surface area contributed by atoms with Crippen LogP contribution in [-0.4, -0.2) is 14.2 Å². The predicted molar refractivity (Wildman–Crippen MR) is 80.6 cm³/mol. The molecule has 0 atom stereocenters. The van der Waals surface area contributed by atoms with Crippen molar-refractivity contribution in [2.45, 2.75) is 0 Å². The Morgan fingerprint density at radius 1 is 0.952 bits per heavy atom. The van der Waals surface area contributed by atoms with Gasteiger partial charge in [0.05, 0.1) is 19.6 Å². The van der Waals surface area contributed by atoms with E-state index in [2.05, 4.69) is 0 Å². The molecule has 1 heterocycles. The summed E-state index contributed by atoms with van der Waals surface area (Å²) < 4.78 is 16.3. The van der Waals surface area contributed by atoms with Gasteiger partial charge in [-0.1, -0.05) is 30.3 Å². The zero-order valence-corrected chi connectivity index (χ0v) is 11.8. The highest BCUT2D eigenvalue weighted by Crippen LogP contribution is 2.32. The molecule has 0 saturated carbocycles.